The number of hydrogen-bond acceptors (Lipinski definition) is 0. The summed E-state index contributed by atoms with van der Waals surface area (Å²) in [4.78, 5) is 0. The summed E-state index contributed by atoms with van der Waals surface area (Å²) in [7, 11) is 0. The van der Waals surface area contributed by atoms with Gasteiger partial charge in [0.05, 0.1) is 0 Å². The normalized spacial score (nSPS) is 25.9. The Bertz CT molecular complexity index is 368. The maximum absolute atomic E-state index is 6.38. The molecular formula is C14H19Cl. The van der Waals surface area contributed by atoms with Crippen molar-refractivity contribution in [3.05, 3.63) is 34.4 Å². The topological polar surface area (TPSA) is 0 Å². The Balaban J connectivity index is 2.39. The van der Waals surface area contributed by atoms with E-state index in [-0.39, 0.29) is 0 Å². The molecule has 2 rings (SSSR count). The third kappa shape index (κ3) is 2.06. The van der Waals surface area contributed by atoms with Crippen molar-refractivity contribution in [3.63, 3.8) is 0 Å². The van der Waals surface area contributed by atoms with Gasteiger partial charge >= 0.3 is 0 Å². The Hall–Kier alpha value is -0.490. The average Bonchev–Trinajstić information content (AvgIpc) is 2.58. The smallest absolute Gasteiger partial charge is 0.0404 e. The molecule has 2 unspecified atom stereocenters. The fourth-order valence-electron chi connectivity index (χ4n) is 2.65. The second-order valence-electron chi connectivity index (χ2n) is 4.85. The van der Waals surface area contributed by atoms with E-state index >= 15 is 0 Å². The second kappa shape index (κ2) is 4.17. The van der Waals surface area contributed by atoms with E-state index in [9.17, 15) is 0 Å². The zero-order valence-corrected chi connectivity index (χ0v) is 10.6. The van der Waals surface area contributed by atoms with Gasteiger partial charge in [0.1, 0.15) is 0 Å². The maximum atomic E-state index is 6.38. The van der Waals surface area contributed by atoms with Crippen LogP contribution in [-0.4, -0.2) is 5.38 Å². The molecule has 1 heteroatoms. The highest BCUT2D eigenvalue weighted by Gasteiger charge is 2.27. The van der Waals surface area contributed by atoms with Gasteiger partial charge in [-0.1, -0.05) is 18.6 Å². The van der Waals surface area contributed by atoms with Crippen LogP contribution in [0.15, 0.2) is 12.1 Å². The molecule has 15 heavy (non-hydrogen) atoms. The van der Waals surface area contributed by atoms with Crippen LogP contribution in [0.4, 0.5) is 0 Å². The van der Waals surface area contributed by atoms with Crippen molar-refractivity contribution in [2.75, 3.05) is 0 Å². The van der Waals surface area contributed by atoms with Crippen LogP contribution in [0, 0.1) is 20.8 Å². The van der Waals surface area contributed by atoms with Gasteiger partial charge in [0.15, 0.2) is 0 Å². The van der Waals surface area contributed by atoms with Crippen molar-refractivity contribution < 1.29 is 0 Å². The van der Waals surface area contributed by atoms with Gasteiger partial charge in [-0.05, 0) is 55.9 Å². The summed E-state index contributed by atoms with van der Waals surface area (Å²) >= 11 is 6.38. The van der Waals surface area contributed by atoms with Gasteiger partial charge in [-0.3, -0.25) is 0 Å². The van der Waals surface area contributed by atoms with Crippen LogP contribution in [-0.2, 0) is 0 Å². The second-order valence-corrected chi connectivity index (χ2v) is 5.41. The molecule has 0 aliphatic heterocycles. The lowest BCUT2D eigenvalue weighted by Gasteiger charge is -2.18. The number of aryl methyl sites for hydroxylation is 3. The minimum Gasteiger partial charge on any atom is -0.122 e. The predicted molar refractivity (Wildman–Crippen MR) is 66.9 cm³/mol. The van der Waals surface area contributed by atoms with Crippen LogP contribution in [0.3, 0.4) is 0 Å². The fraction of sp³-hybridized carbons (Fsp3) is 0.571. The van der Waals surface area contributed by atoms with E-state index in [0.717, 1.165) is 0 Å². The van der Waals surface area contributed by atoms with Gasteiger partial charge in [-0.15, -0.1) is 11.6 Å². The molecule has 1 saturated carbocycles. The van der Waals surface area contributed by atoms with Crippen LogP contribution in [0.5, 0.6) is 0 Å². The maximum Gasteiger partial charge on any atom is 0.0404 e. The largest absolute Gasteiger partial charge is 0.122 e. The lowest BCUT2D eigenvalue weighted by Crippen LogP contribution is -2.07. The van der Waals surface area contributed by atoms with Crippen molar-refractivity contribution >= 4 is 11.6 Å². The number of alkyl halides is 1. The summed E-state index contributed by atoms with van der Waals surface area (Å²) in [6.07, 6.45) is 3.72. The number of hydrogen-bond donors (Lipinski definition) is 0. The van der Waals surface area contributed by atoms with Crippen molar-refractivity contribution in [2.45, 2.75) is 51.3 Å². The zero-order chi connectivity index (χ0) is 11.0. The SMILES string of the molecule is Cc1cc(C)c(C2CCCC2Cl)cc1C. The Morgan fingerprint density at radius 1 is 1.00 bits per heavy atom. The molecule has 0 N–H and O–H groups in total. The molecule has 1 aliphatic rings. The first-order chi connectivity index (χ1) is 7.09. The molecule has 0 aromatic heterocycles. The fourth-order valence-corrected chi connectivity index (χ4v) is 3.06. The first-order valence-corrected chi connectivity index (χ1v) is 6.25. The number of rotatable bonds is 1. The monoisotopic (exact) mass is 222 g/mol. The third-order valence-corrected chi connectivity index (χ3v) is 4.24. The molecule has 1 aliphatic carbocycles. The van der Waals surface area contributed by atoms with Crippen molar-refractivity contribution in [1.29, 1.82) is 0 Å². The van der Waals surface area contributed by atoms with E-state index in [1.165, 1.54) is 41.5 Å². The van der Waals surface area contributed by atoms with Crippen LogP contribution < -0.4 is 0 Å². The van der Waals surface area contributed by atoms with Crippen LogP contribution >= 0.6 is 11.6 Å². The molecule has 0 spiro atoms. The summed E-state index contributed by atoms with van der Waals surface area (Å²) in [5, 5.41) is 0.353. The van der Waals surface area contributed by atoms with Crippen molar-refractivity contribution in [1.82, 2.24) is 0 Å². The summed E-state index contributed by atoms with van der Waals surface area (Å²) in [5.74, 6) is 0.589. The average molecular weight is 223 g/mol. The predicted octanol–water partition coefficient (Wildman–Crippen LogP) is 4.49. The minimum absolute atomic E-state index is 0.353. The molecule has 0 nitrogen and oxygen atoms in total. The zero-order valence-electron chi connectivity index (χ0n) is 9.81. The van der Waals surface area contributed by atoms with Gasteiger partial charge < -0.3 is 0 Å². The molecule has 0 saturated heterocycles. The molecule has 0 bridgehead atoms. The quantitative estimate of drug-likeness (QED) is 0.615. The number of halogens is 1. The Morgan fingerprint density at radius 2 is 1.67 bits per heavy atom. The molecule has 0 amide bonds. The van der Waals surface area contributed by atoms with Gasteiger partial charge in [0.2, 0.25) is 0 Å². The van der Waals surface area contributed by atoms with E-state index in [1.807, 2.05) is 0 Å². The van der Waals surface area contributed by atoms with E-state index in [4.69, 9.17) is 11.6 Å². The van der Waals surface area contributed by atoms with Crippen LogP contribution in [0.2, 0.25) is 0 Å². The van der Waals surface area contributed by atoms with Gasteiger partial charge in [0.25, 0.3) is 0 Å². The summed E-state index contributed by atoms with van der Waals surface area (Å²) in [5.41, 5.74) is 5.68. The standard InChI is InChI=1S/C14H19Cl/c1-9-7-11(3)13(8-10(9)2)12-5-4-6-14(12)15/h7-8,12,14H,4-6H2,1-3H3. The lowest BCUT2D eigenvalue weighted by molar-refractivity contribution is 0.723. The Morgan fingerprint density at radius 3 is 2.27 bits per heavy atom. The molecular weight excluding hydrogens is 204 g/mol. The summed E-state index contributed by atoms with van der Waals surface area (Å²) in [6.45, 7) is 6.58. The highest BCUT2D eigenvalue weighted by molar-refractivity contribution is 6.21. The van der Waals surface area contributed by atoms with Crippen LogP contribution in [0.1, 0.15) is 47.4 Å². The van der Waals surface area contributed by atoms with E-state index in [1.54, 1.807) is 0 Å². The van der Waals surface area contributed by atoms with Gasteiger partial charge in [-0.25, -0.2) is 0 Å². The van der Waals surface area contributed by atoms with Crippen molar-refractivity contribution in [3.8, 4) is 0 Å². The lowest BCUT2D eigenvalue weighted by atomic mass is 9.90. The van der Waals surface area contributed by atoms with Gasteiger partial charge in [-0.2, -0.15) is 0 Å². The van der Waals surface area contributed by atoms with E-state index in [2.05, 4.69) is 32.9 Å². The Kier molecular flexibility index (Phi) is 3.06. The molecule has 0 radical (unpaired) electrons. The van der Waals surface area contributed by atoms with Crippen molar-refractivity contribution in [2.24, 2.45) is 0 Å². The highest BCUT2D eigenvalue weighted by atomic mass is 35.5. The van der Waals surface area contributed by atoms with Crippen LogP contribution in [0.25, 0.3) is 0 Å². The number of benzene rings is 1. The molecule has 1 aromatic rings. The minimum atomic E-state index is 0.353. The molecule has 1 aromatic carbocycles. The summed E-state index contributed by atoms with van der Waals surface area (Å²) in [6, 6.07) is 4.64. The van der Waals surface area contributed by atoms with Gasteiger partial charge in [0, 0.05) is 11.3 Å². The van der Waals surface area contributed by atoms with E-state index in [0.29, 0.717) is 11.3 Å². The molecule has 82 valence electrons. The third-order valence-electron chi connectivity index (χ3n) is 3.71. The first kappa shape index (κ1) is 11.0. The molecule has 0 heterocycles. The van der Waals surface area contributed by atoms with E-state index < -0.39 is 0 Å². The molecule has 1 fully saturated rings. The Labute approximate surface area is 97.6 Å². The molecule has 2 atom stereocenters. The summed E-state index contributed by atoms with van der Waals surface area (Å²) < 4.78 is 0. The first-order valence-electron chi connectivity index (χ1n) is 5.81. The highest BCUT2D eigenvalue weighted by Crippen LogP contribution is 2.39.